The van der Waals surface area contributed by atoms with Crippen LogP contribution in [-0.2, 0) is 0 Å². The maximum atomic E-state index is 14.0. The van der Waals surface area contributed by atoms with Gasteiger partial charge >= 0.3 is 0 Å². The molecule has 0 fully saturated rings. The predicted molar refractivity (Wildman–Crippen MR) is 106 cm³/mol. The summed E-state index contributed by atoms with van der Waals surface area (Å²) in [6.07, 6.45) is 3.15. The van der Waals surface area contributed by atoms with Gasteiger partial charge in [0.05, 0.1) is 17.9 Å². The molecule has 0 aliphatic rings. The second kappa shape index (κ2) is 9.90. The maximum absolute atomic E-state index is 14.0. The van der Waals surface area contributed by atoms with Gasteiger partial charge in [-0.15, -0.1) is 0 Å². The molecule has 0 aliphatic carbocycles. The summed E-state index contributed by atoms with van der Waals surface area (Å²) in [5.74, 6) is 0.266. The fourth-order valence-corrected chi connectivity index (χ4v) is 2.59. The van der Waals surface area contributed by atoms with E-state index in [-0.39, 0.29) is 0 Å². The molecule has 1 aromatic carbocycles. The molecular weight excluding hydrogens is 345 g/mol. The summed E-state index contributed by atoms with van der Waals surface area (Å²) in [4.78, 5) is 16.2. The highest BCUT2D eigenvalue weighted by molar-refractivity contribution is 5.98. The zero-order valence-electron chi connectivity index (χ0n) is 16.2. The van der Waals surface area contributed by atoms with Gasteiger partial charge in [0.2, 0.25) is 0 Å². The number of unbranched alkanes of at least 4 members (excludes halogenated alkanes) is 2. The first-order chi connectivity index (χ1) is 12.9. The van der Waals surface area contributed by atoms with Crippen LogP contribution in [0.2, 0.25) is 0 Å². The van der Waals surface area contributed by atoms with Crippen LogP contribution < -0.4 is 15.8 Å². The third-order valence-electron chi connectivity index (χ3n) is 3.98. The highest BCUT2D eigenvalue weighted by Crippen LogP contribution is 2.27. The number of hydrogen-bond acceptors (Lipinski definition) is 4. The van der Waals surface area contributed by atoms with E-state index in [0.717, 1.165) is 19.3 Å². The molecule has 1 heterocycles. The van der Waals surface area contributed by atoms with E-state index in [9.17, 15) is 9.18 Å². The average molecular weight is 373 g/mol. The van der Waals surface area contributed by atoms with E-state index in [0.29, 0.717) is 47.5 Å². The van der Waals surface area contributed by atoms with Crippen molar-refractivity contribution in [1.29, 1.82) is 0 Å². The normalized spacial score (nSPS) is 10.9. The second-order valence-corrected chi connectivity index (χ2v) is 6.97. The van der Waals surface area contributed by atoms with Crippen molar-refractivity contribution in [2.24, 2.45) is 11.7 Å². The third-order valence-corrected chi connectivity index (χ3v) is 3.98. The minimum atomic E-state index is -0.549. The number of rotatable bonds is 10. The van der Waals surface area contributed by atoms with Crippen LogP contribution in [0.1, 0.15) is 50.4 Å². The number of nitrogens with zero attached hydrogens (tertiary/aromatic N) is 1. The Morgan fingerprint density at radius 3 is 2.70 bits per heavy atom. The molecule has 6 heteroatoms. The number of hydrogen-bond donors (Lipinski definition) is 2. The number of amides is 1. The van der Waals surface area contributed by atoms with Crippen molar-refractivity contribution in [2.45, 2.75) is 40.0 Å². The molecule has 2 rings (SSSR count). The SMILES string of the molecule is CCCCCNc1nc(-c2cc(F)cc(OCC(C)C)c2)ccc1C(N)=O. The van der Waals surface area contributed by atoms with Crippen LogP contribution in [0.15, 0.2) is 30.3 Å². The highest BCUT2D eigenvalue weighted by atomic mass is 19.1. The van der Waals surface area contributed by atoms with E-state index in [1.54, 1.807) is 18.2 Å². The topological polar surface area (TPSA) is 77.2 Å². The average Bonchev–Trinajstić information content (AvgIpc) is 2.63. The molecule has 5 nitrogen and oxygen atoms in total. The number of nitrogens with one attached hydrogen (secondary N) is 1. The Morgan fingerprint density at radius 2 is 2.04 bits per heavy atom. The Balaban J connectivity index is 2.30. The van der Waals surface area contributed by atoms with E-state index in [1.807, 2.05) is 13.8 Å². The summed E-state index contributed by atoms with van der Waals surface area (Å²) in [6.45, 7) is 7.37. The summed E-state index contributed by atoms with van der Waals surface area (Å²) in [5, 5.41) is 3.17. The number of primary amides is 1. The standard InChI is InChI=1S/C21H28FN3O2/c1-4-5-6-9-24-21-18(20(23)26)7-8-19(25-21)15-10-16(22)12-17(11-15)27-13-14(2)3/h7-8,10-12,14H,4-6,9,13H2,1-3H3,(H2,23,26)(H,24,25). The van der Waals surface area contributed by atoms with Crippen LogP contribution in [0.3, 0.4) is 0 Å². The molecule has 0 saturated heterocycles. The van der Waals surface area contributed by atoms with Crippen molar-refractivity contribution in [2.75, 3.05) is 18.5 Å². The summed E-state index contributed by atoms with van der Waals surface area (Å²) in [5.41, 5.74) is 6.91. The van der Waals surface area contributed by atoms with Crippen LogP contribution in [0.4, 0.5) is 10.2 Å². The number of halogens is 1. The number of carbonyl (C=O) groups is 1. The number of benzene rings is 1. The van der Waals surface area contributed by atoms with Crippen molar-refractivity contribution < 1.29 is 13.9 Å². The van der Waals surface area contributed by atoms with Crippen LogP contribution in [0.25, 0.3) is 11.3 Å². The largest absolute Gasteiger partial charge is 0.493 e. The number of nitrogens with two attached hydrogens (primary N) is 1. The maximum Gasteiger partial charge on any atom is 0.252 e. The van der Waals surface area contributed by atoms with Gasteiger partial charge in [-0.05, 0) is 36.6 Å². The lowest BCUT2D eigenvalue weighted by Crippen LogP contribution is -2.16. The third kappa shape index (κ3) is 6.24. The lowest BCUT2D eigenvalue weighted by atomic mass is 10.1. The quantitative estimate of drug-likeness (QED) is 0.596. The van der Waals surface area contributed by atoms with Gasteiger partial charge in [0.1, 0.15) is 17.4 Å². The molecule has 3 N–H and O–H groups in total. The number of carbonyl (C=O) groups excluding carboxylic acids is 1. The van der Waals surface area contributed by atoms with Gasteiger partial charge in [0.25, 0.3) is 5.91 Å². The second-order valence-electron chi connectivity index (χ2n) is 6.97. The summed E-state index contributed by atoms with van der Waals surface area (Å²) < 4.78 is 19.7. The van der Waals surface area contributed by atoms with E-state index in [1.165, 1.54) is 12.1 Å². The molecule has 1 amide bonds. The molecule has 0 radical (unpaired) electrons. The van der Waals surface area contributed by atoms with Crippen molar-refractivity contribution in [3.05, 3.63) is 41.7 Å². The molecule has 0 unspecified atom stereocenters. The van der Waals surface area contributed by atoms with Gasteiger partial charge in [0, 0.05) is 18.2 Å². The molecule has 0 atom stereocenters. The van der Waals surface area contributed by atoms with Crippen LogP contribution >= 0.6 is 0 Å². The fourth-order valence-electron chi connectivity index (χ4n) is 2.59. The number of aromatic nitrogens is 1. The number of anilines is 1. The van der Waals surface area contributed by atoms with Crippen molar-refractivity contribution in [3.63, 3.8) is 0 Å². The molecule has 0 spiro atoms. The number of pyridine rings is 1. The smallest absolute Gasteiger partial charge is 0.252 e. The minimum Gasteiger partial charge on any atom is -0.493 e. The Bertz CT molecular complexity index is 778. The van der Waals surface area contributed by atoms with E-state index < -0.39 is 11.7 Å². The van der Waals surface area contributed by atoms with E-state index in [2.05, 4.69) is 17.2 Å². The Hall–Kier alpha value is -2.63. The molecule has 146 valence electrons. The van der Waals surface area contributed by atoms with Crippen LogP contribution in [0.5, 0.6) is 5.75 Å². The van der Waals surface area contributed by atoms with Gasteiger partial charge in [-0.3, -0.25) is 4.79 Å². The zero-order valence-corrected chi connectivity index (χ0v) is 16.2. The van der Waals surface area contributed by atoms with E-state index >= 15 is 0 Å². The van der Waals surface area contributed by atoms with Gasteiger partial charge in [-0.25, -0.2) is 9.37 Å². The lowest BCUT2D eigenvalue weighted by molar-refractivity contribution is 0.100. The molecule has 1 aromatic heterocycles. The van der Waals surface area contributed by atoms with Crippen LogP contribution in [-0.4, -0.2) is 24.0 Å². The van der Waals surface area contributed by atoms with Gasteiger partial charge in [-0.2, -0.15) is 0 Å². The molecule has 0 saturated carbocycles. The molecule has 0 aliphatic heterocycles. The van der Waals surface area contributed by atoms with Crippen molar-refractivity contribution in [3.8, 4) is 17.0 Å². The van der Waals surface area contributed by atoms with Gasteiger partial charge < -0.3 is 15.8 Å². The summed E-state index contributed by atoms with van der Waals surface area (Å²) in [6, 6.07) is 7.78. The zero-order chi connectivity index (χ0) is 19.8. The number of ether oxygens (including phenoxy) is 1. The van der Waals surface area contributed by atoms with Gasteiger partial charge in [-0.1, -0.05) is 33.6 Å². The molecule has 0 bridgehead atoms. The van der Waals surface area contributed by atoms with Crippen molar-refractivity contribution >= 4 is 11.7 Å². The highest BCUT2D eigenvalue weighted by Gasteiger charge is 2.13. The molecule has 2 aromatic rings. The summed E-state index contributed by atoms with van der Waals surface area (Å²) >= 11 is 0. The summed E-state index contributed by atoms with van der Waals surface area (Å²) in [7, 11) is 0. The molecule has 27 heavy (non-hydrogen) atoms. The Morgan fingerprint density at radius 1 is 1.26 bits per heavy atom. The van der Waals surface area contributed by atoms with Crippen molar-refractivity contribution in [1.82, 2.24) is 4.98 Å². The van der Waals surface area contributed by atoms with Gasteiger partial charge in [0.15, 0.2) is 0 Å². The van der Waals surface area contributed by atoms with Crippen LogP contribution in [0, 0.1) is 11.7 Å². The first kappa shape index (κ1) is 20.7. The molecular formula is C21H28FN3O2. The fraction of sp³-hybridized carbons (Fsp3) is 0.429. The van der Waals surface area contributed by atoms with E-state index in [4.69, 9.17) is 10.5 Å². The predicted octanol–water partition coefficient (Wildman–Crippen LogP) is 4.62. The first-order valence-electron chi connectivity index (χ1n) is 9.39. The monoisotopic (exact) mass is 373 g/mol. The lowest BCUT2D eigenvalue weighted by Gasteiger charge is -2.13. The Labute approximate surface area is 160 Å². The minimum absolute atomic E-state index is 0.322. The first-order valence-corrected chi connectivity index (χ1v) is 9.39. The Kier molecular flexibility index (Phi) is 7.58.